The van der Waals surface area contributed by atoms with Crippen molar-refractivity contribution >= 4 is 62.3 Å². The SMILES string of the molecule is CC(c1ccccc1)S(=O)(=O)c1c(Cl)cc(NC(=O)NC(=O)c2ccccc2Cl)cc1Cl. The van der Waals surface area contributed by atoms with Crippen molar-refractivity contribution in [1.29, 1.82) is 0 Å². The summed E-state index contributed by atoms with van der Waals surface area (Å²) in [5.74, 6) is -0.707. The standard InChI is InChI=1S/C22H17Cl3N2O4S/c1-13(14-7-3-2-4-8-14)32(30,31)20-18(24)11-15(12-19(20)25)26-22(29)27-21(28)16-9-5-6-10-17(16)23/h2-13H,1H3,(H2,26,27,28,29). The lowest BCUT2D eigenvalue weighted by atomic mass is 10.2. The number of benzene rings is 3. The fraction of sp³-hybridized carbons (Fsp3) is 0.0909. The van der Waals surface area contributed by atoms with Crippen molar-refractivity contribution in [1.82, 2.24) is 5.32 Å². The van der Waals surface area contributed by atoms with Gasteiger partial charge in [0.05, 0.1) is 25.9 Å². The van der Waals surface area contributed by atoms with Crippen molar-refractivity contribution in [2.45, 2.75) is 17.1 Å². The molecule has 3 rings (SSSR count). The molecule has 3 amide bonds. The molecular weight excluding hydrogens is 495 g/mol. The highest BCUT2D eigenvalue weighted by Gasteiger charge is 2.30. The number of carbonyl (C=O) groups excluding carboxylic acids is 2. The maximum Gasteiger partial charge on any atom is 0.326 e. The first-order valence-electron chi connectivity index (χ1n) is 9.26. The van der Waals surface area contributed by atoms with E-state index in [0.717, 1.165) is 0 Å². The Hall–Kier alpha value is -2.58. The van der Waals surface area contributed by atoms with Gasteiger partial charge in [-0.25, -0.2) is 13.2 Å². The van der Waals surface area contributed by atoms with Crippen molar-refractivity contribution in [3.63, 3.8) is 0 Å². The Bertz CT molecular complexity index is 1260. The van der Waals surface area contributed by atoms with E-state index < -0.39 is 27.0 Å². The molecule has 0 fully saturated rings. The van der Waals surface area contributed by atoms with Gasteiger partial charge >= 0.3 is 6.03 Å². The van der Waals surface area contributed by atoms with E-state index in [-0.39, 0.29) is 31.2 Å². The predicted molar refractivity (Wildman–Crippen MR) is 126 cm³/mol. The molecule has 0 radical (unpaired) electrons. The van der Waals surface area contributed by atoms with Crippen LogP contribution < -0.4 is 10.6 Å². The Morgan fingerprint density at radius 3 is 2.00 bits per heavy atom. The Morgan fingerprint density at radius 1 is 0.844 bits per heavy atom. The van der Waals surface area contributed by atoms with E-state index in [1.54, 1.807) is 42.5 Å². The molecule has 0 heterocycles. The summed E-state index contributed by atoms with van der Waals surface area (Å²) in [6, 6.07) is 16.5. The van der Waals surface area contributed by atoms with Gasteiger partial charge in [-0.3, -0.25) is 10.1 Å². The number of amides is 3. The third-order valence-electron chi connectivity index (χ3n) is 4.62. The predicted octanol–water partition coefficient (Wildman–Crippen LogP) is 6.14. The number of hydrogen-bond acceptors (Lipinski definition) is 4. The molecule has 6 nitrogen and oxygen atoms in total. The molecule has 1 atom stereocenters. The summed E-state index contributed by atoms with van der Waals surface area (Å²) in [5, 5.41) is 3.51. The highest BCUT2D eigenvalue weighted by Crippen LogP contribution is 2.39. The molecule has 3 aromatic carbocycles. The van der Waals surface area contributed by atoms with Gasteiger partial charge < -0.3 is 5.32 Å². The molecule has 0 aliphatic carbocycles. The van der Waals surface area contributed by atoms with Crippen LogP contribution >= 0.6 is 34.8 Å². The van der Waals surface area contributed by atoms with Crippen LogP contribution in [0.15, 0.2) is 71.6 Å². The smallest absolute Gasteiger partial charge is 0.308 e. The van der Waals surface area contributed by atoms with Crippen LogP contribution in [0.3, 0.4) is 0 Å². The lowest BCUT2D eigenvalue weighted by molar-refractivity contribution is 0.0967. The molecule has 0 saturated carbocycles. The van der Waals surface area contributed by atoms with Gasteiger partial charge in [-0.1, -0.05) is 77.3 Å². The maximum atomic E-state index is 13.1. The number of hydrogen-bond donors (Lipinski definition) is 2. The highest BCUT2D eigenvalue weighted by molar-refractivity contribution is 7.91. The lowest BCUT2D eigenvalue weighted by Crippen LogP contribution is -2.34. The first-order chi connectivity index (χ1) is 15.1. The molecule has 0 aromatic heterocycles. The number of rotatable bonds is 5. The summed E-state index contributed by atoms with van der Waals surface area (Å²) in [4.78, 5) is 24.2. The second-order valence-electron chi connectivity index (χ2n) is 6.76. The minimum absolute atomic E-state index is 0.107. The Morgan fingerprint density at radius 2 is 1.41 bits per heavy atom. The number of imide groups is 1. The Labute approximate surface area is 200 Å². The molecule has 0 bridgehead atoms. The van der Waals surface area contributed by atoms with Crippen molar-refractivity contribution in [3.05, 3.63) is 92.9 Å². The number of anilines is 1. The van der Waals surface area contributed by atoms with Crippen LogP contribution in [0.4, 0.5) is 10.5 Å². The van der Waals surface area contributed by atoms with Crippen molar-refractivity contribution in [3.8, 4) is 0 Å². The summed E-state index contributed by atoms with van der Waals surface area (Å²) in [7, 11) is -3.92. The summed E-state index contributed by atoms with van der Waals surface area (Å²) in [6.07, 6.45) is 0. The Balaban J connectivity index is 1.80. The lowest BCUT2D eigenvalue weighted by Gasteiger charge is -2.17. The molecule has 32 heavy (non-hydrogen) atoms. The molecule has 1 unspecified atom stereocenters. The van der Waals surface area contributed by atoms with E-state index in [1.165, 1.54) is 31.2 Å². The van der Waals surface area contributed by atoms with Crippen LogP contribution in [0, 0.1) is 0 Å². The summed E-state index contributed by atoms with van der Waals surface area (Å²) < 4.78 is 26.2. The van der Waals surface area contributed by atoms with Crippen molar-refractivity contribution in [2.75, 3.05) is 5.32 Å². The zero-order chi connectivity index (χ0) is 23.5. The normalized spacial score (nSPS) is 12.1. The van der Waals surface area contributed by atoms with Crippen molar-refractivity contribution < 1.29 is 18.0 Å². The van der Waals surface area contributed by atoms with E-state index in [9.17, 15) is 18.0 Å². The van der Waals surface area contributed by atoms with E-state index >= 15 is 0 Å². The monoisotopic (exact) mass is 510 g/mol. The molecular formula is C22H17Cl3N2O4S. The van der Waals surface area contributed by atoms with Gasteiger partial charge in [0.2, 0.25) is 0 Å². The van der Waals surface area contributed by atoms with Crippen LogP contribution in [0.25, 0.3) is 0 Å². The second-order valence-corrected chi connectivity index (χ2v) is 10.2. The van der Waals surface area contributed by atoms with Crippen LogP contribution in [0.5, 0.6) is 0 Å². The van der Waals surface area contributed by atoms with Crippen LogP contribution in [-0.4, -0.2) is 20.4 Å². The summed E-state index contributed by atoms with van der Waals surface area (Å²) in [6.45, 7) is 1.54. The number of nitrogens with one attached hydrogen (secondary N) is 2. The fourth-order valence-electron chi connectivity index (χ4n) is 2.96. The zero-order valence-electron chi connectivity index (χ0n) is 16.6. The average Bonchev–Trinajstić information content (AvgIpc) is 2.73. The van der Waals surface area contributed by atoms with E-state index in [4.69, 9.17) is 34.8 Å². The topological polar surface area (TPSA) is 92.3 Å². The van der Waals surface area contributed by atoms with E-state index in [2.05, 4.69) is 10.6 Å². The van der Waals surface area contributed by atoms with Gasteiger partial charge in [0.25, 0.3) is 5.91 Å². The second kappa shape index (κ2) is 9.92. The van der Waals surface area contributed by atoms with Gasteiger partial charge in [0, 0.05) is 5.69 Å². The summed E-state index contributed by atoms with van der Waals surface area (Å²) in [5.41, 5.74) is 0.812. The first-order valence-corrected chi connectivity index (χ1v) is 11.9. The minimum Gasteiger partial charge on any atom is -0.308 e. The van der Waals surface area contributed by atoms with Gasteiger partial charge in [0.15, 0.2) is 9.84 Å². The Kier molecular flexibility index (Phi) is 7.46. The third kappa shape index (κ3) is 5.24. The molecule has 2 N–H and O–H groups in total. The van der Waals surface area contributed by atoms with Crippen LogP contribution in [0.1, 0.15) is 28.1 Å². The molecule has 0 spiro atoms. The van der Waals surface area contributed by atoms with Crippen molar-refractivity contribution in [2.24, 2.45) is 0 Å². The summed E-state index contributed by atoms with van der Waals surface area (Å²) >= 11 is 18.4. The van der Waals surface area contributed by atoms with Gasteiger partial charge in [-0.2, -0.15) is 0 Å². The molecule has 3 aromatic rings. The quantitative estimate of drug-likeness (QED) is 0.430. The van der Waals surface area contributed by atoms with Crippen LogP contribution in [0.2, 0.25) is 15.1 Å². The maximum absolute atomic E-state index is 13.1. The van der Waals surface area contributed by atoms with Crippen LogP contribution in [-0.2, 0) is 9.84 Å². The minimum atomic E-state index is -3.92. The average molecular weight is 512 g/mol. The highest BCUT2D eigenvalue weighted by atomic mass is 35.5. The van der Waals surface area contributed by atoms with Gasteiger partial charge in [0.1, 0.15) is 4.90 Å². The number of sulfone groups is 1. The molecule has 10 heteroatoms. The molecule has 0 saturated heterocycles. The van der Waals surface area contributed by atoms with Gasteiger partial charge in [-0.15, -0.1) is 0 Å². The molecule has 166 valence electrons. The van der Waals surface area contributed by atoms with E-state index in [1.807, 2.05) is 0 Å². The van der Waals surface area contributed by atoms with E-state index in [0.29, 0.717) is 5.56 Å². The fourth-order valence-corrected chi connectivity index (χ4v) is 5.85. The third-order valence-corrected chi connectivity index (χ3v) is 7.98. The largest absolute Gasteiger partial charge is 0.326 e. The molecule has 0 aliphatic heterocycles. The number of carbonyl (C=O) groups is 2. The first kappa shape index (κ1) is 24.1. The zero-order valence-corrected chi connectivity index (χ0v) is 19.7. The number of urea groups is 1. The van der Waals surface area contributed by atoms with Gasteiger partial charge in [-0.05, 0) is 36.8 Å². The molecule has 0 aliphatic rings. The number of halogens is 3.